The quantitative estimate of drug-likeness (QED) is 0.735. The van der Waals surface area contributed by atoms with E-state index in [0.29, 0.717) is 6.42 Å². The Bertz CT molecular complexity index is 455. The fourth-order valence-corrected chi connectivity index (χ4v) is 2.10. The zero-order valence-electron chi connectivity index (χ0n) is 9.53. The lowest BCUT2D eigenvalue weighted by Crippen LogP contribution is -2.28. The maximum absolute atomic E-state index is 8.78. The summed E-state index contributed by atoms with van der Waals surface area (Å²) in [5.41, 5.74) is 3.33. The second-order valence-electron chi connectivity index (χ2n) is 4.54. The smallest absolute Gasteiger partial charge is 0.0776 e. The molecule has 0 saturated carbocycles. The van der Waals surface area contributed by atoms with Crippen LogP contribution in [0.5, 0.6) is 0 Å². The Labute approximate surface area is 102 Å². The third-order valence-corrected chi connectivity index (χ3v) is 2.64. The van der Waals surface area contributed by atoms with Crippen molar-refractivity contribution < 1.29 is 0 Å². The molecule has 1 aliphatic heterocycles. The molecule has 0 fully saturated rings. The summed E-state index contributed by atoms with van der Waals surface area (Å²) in [6.45, 7) is 4.22. The Kier molecular flexibility index (Phi) is 3.72. The Balaban J connectivity index is 0.00000128. The second-order valence-corrected chi connectivity index (χ2v) is 4.54. The molecule has 16 heavy (non-hydrogen) atoms. The van der Waals surface area contributed by atoms with E-state index in [1.54, 1.807) is 0 Å². The minimum atomic E-state index is -0.0689. The molecule has 0 amide bonds. The monoisotopic (exact) mass is 234 g/mol. The van der Waals surface area contributed by atoms with Crippen molar-refractivity contribution in [2.24, 2.45) is 4.99 Å². The van der Waals surface area contributed by atoms with E-state index in [-0.39, 0.29) is 17.9 Å². The molecule has 3 heteroatoms. The highest BCUT2D eigenvalue weighted by atomic mass is 35.5. The number of rotatable bonds is 1. The van der Waals surface area contributed by atoms with E-state index in [2.05, 4.69) is 37.0 Å². The summed E-state index contributed by atoms with van der Waals surface area (Å²) >= 11 is 0. The van der Waals surface area contributed by atoms with Gasteiger partial charge in [-0.15, -0.1) is 12.4 Å². The summed E-state index contributed by atoms with van der Waals surface area (Å²) in [6, 6.07) is 10.4. The molecule has 0 bridgehead atoms. The number of halogens is 1. The van der Waals surface area contributed by atoms with Crippen LogP contribution in [0.25, 0.3) is 0 Å². The summed E-state index contributed by atoms with van der Waals surface area (Å²) in [5, 5.41) is 8.78. The normalized spacial score (nSPS) is 16.4. The average Bonchev–Trinajstić information content (AvgIpc) is 2.16. The van der Waals surface area contributed by atoms with Gasteiger partial charge in [0.1, 0.15) is 0 Å². The minimum Gasteiger partial charge on any atom is -0.282 e. The standard InChI is InChI=1S/C13H14N2.ClH/c1-13(2)9-10-5-3-4-6-11(10)12(15-13)7-8-14;/h3-6H,7,9H2,1-2H3;1H. The zero-order chi connectivity index (χ0) is 10.9. The summed E-state index contributed by atoms with van der Waals surface area (Å²) in [6.07, 6.45) is 1.36. The van der Waals surface area contributed by atoms with E-state index < -0.39 is 0 Å². The average molecular weight is 235 g/mol. The molecular weight excluding hydrogens is 220 g/mol. The van der Waals surface area contributed by atoms with Crippen LogP contribution in [-0.4, -0.2) is 11.3 Å². The van der Waals surface area contributed by atoms with Gasteiger partial charge in [0.15, 0.2) is 0 Å². The molecule has 0 atom stereocenters. The highest BCUT2D eigenvalue weighted by molar-refractivity contribution is 6.04. The van der Waals surface area contributed by atoms with Crippen LogP contribution in [0.3, 0.4) is 0 Å². The van der Waals surface area contributed by atoms with Gasteiger partial charge in [-0.2, -0.15) is 5.26 Å². The van der Waals surface area contributed by atoms with Crippen molar-refractivity contribution in [3.05, 3.63) is 35.4 Å². The van der Waals surface area contributed by atoms with Crippen LogP contribution in [-0.2, 0) is 6.42 Å². The van der Waals surface area contributed by atoms with Gasteiger partial charge in [-0.25, -0.2) is 0 Å². The van der Waals surface area contributed by atoms with Gasteiger partial charge in [-0.1, -0.05) is 24.3 Å². The first-order valence-corrected chi connectivity index (χ1v) is 5.16. The van der Waals surface area contributed by atoms with E-state index >= 15 is 0 Å². The number of hydrogen-bond donors (Lipinski definition) is 0. The molecule has 0 aromatic heterocycles. The van der Waals surface area contributed by atoms with E-state index in [1.807, 2.05) is 12.1 Å². The topological polar surface area (TPSA) is 36.1 Å². The number of hydrogen-bond acceptors (Lipinski definition) is 2. The van der Waals surface area contributed by atoms with Gasteiger partial charge in [0.05, 0.1) is 23.7 Å². The third kappa shape index (κ3) is 2.43. The van der Waals surface area contributed by atoms with Crippen LogP contribution >= 0.6 is 12.4 Å². The first-order chi connectivity index (χ1) is 7.12. The molecule has 1 aromatic rings. The molecular formula is C13H15ClN2. The van der Waals surface area contributed by atoms with Crippen LogP contribution in [0.2, 0.25) is 0 Å². The Hall–Kier alpha value is -1.33. The molecule has 1 aliphatic rings. The van der Waals surface area contributed by atoms with E-state index in [1.165, 1.54) is 5.56 Å². The summed E-state index contributed by atoms with van der Waals surface area (Å²) in [4.78, 5) is 4.64. The van der Waals surface area contributed by atoms with Crippen LogP contribution in [0, 0.1) is 11.3 Å². The Morgan fingerprint density at radius 3 is 2.75 bits per heavy atom. The molecule has 1 aromatic carbocycles. The largest absolute Gasteiger partial charge is 0.282 e. The van der Waals surface area contributed by atoms with Gasteiger partial charge >= 0.3 is 0 Å². The zero-order valence-corrected chi connectivity index (χ0v) is 10.3. The SMILES string of the molecule is CC1(C)Cc2ccccc2C(CC#N)=N1.Cl. The molecule has 84 valence electrons. The molecule has 0 spiro atoms. The number of aliphatic imine (C=N–C) groups is 1. The number of nitrogens with zero attached hydrogens (tertiary/aromatic N) is 2. The molecule has 0 unspecified atom stereocenters. The molecule has 0 radical (unpaired) electrons. The highest BCUT2D eigenvalue weighted by Gasteiger charge is 2.25. The fourth-order valence-electron chi connectivity index (χ4n) is 2.10. The lowest BCUT2D eigenvalue weighted by molar-refractivity contribution is 0.512. The van der Waals surface area contributed by atoms with Gasteiger partial charge in [0.25, 0.3) is 0 Å². The lowest BCUT2D eigenvalue weighted by atomic mass is 9.86. The predicted octanol–water partition coefficient (Wildman–Crippen LogP) is 3.15. The van der Waals surface area contributed by atoms with Gasteiger partial charge < -0.3 is 0 Å². The summed E-state index contributed by atoms with van der Waals surface area (Å²) in [5.74, 6) is 0. The van der Waals surface area contributed by atoms with Gasteiger partial charge in [0, 0.05) is 0 Å². The van der Waals surface area contributed by atoms with Gasteiger partial charge in [-0.05, 0) is 31.4 Å². The highest BCUT2D eigenvalue weighted by Crippen LogP contribution is 2.27. The van der Waals surface area contributed by atoms with Gasteiger partial charge in [0.2, 0.25) is 0 Å². The molecule has 0 saturated heterocycles. The van der Waals surface area contributed by atoms with E-state index in [0.717, 1.165) is 17.7 Å². The van der Waals surface area contributed by atoms with E-state index in [9.17, 15) is 0 Å². The molecule has 1 heterocycles. The summed E-state index contributed by atoms with van der Waals surface area (Å²) in [7, 11) is 0. The Morgan fingerprint density at radius 1 is 1.38 bits per heavy atom. The number of nitriles is 1. The molecule has 0 N–H and O–H groups in total. The van der Waals surface area contributed by atoms with Crippen LogP contribution in [0.1, 0.15) is 31.4 Å². The van der Waals surface area contributed by atoms with Crippen molar-refractivity contribution in [1.82, 2.24) is 0 Å². The first kappa shape index (κ1) is 12.7. The Morgan fingerprint density at radius 2 is 2.06 bits per heavy atom. The maximum atomic E-state index is 8.78. The van der Waals surface area contributed by atoms with E-state index in [4.69, 9.17) is 5.26 Å². The van der Waals surface area contributed by atoms with Crippen molar-refractivity contribution >= 4 is 18.1 Å². The van der Waals surface area contributed by atoms with Crippen LogP contribution in [0.4, 0.5) is 0 Å². The molecule has 2 nitrogen and oxygen atoms in total. The number of benzene rings is 1. The van der Waals surface area contributed by atoms with Crippen molar-refractivity contribution in [2.75, 3.05) is 0 Å². The van der Waals surface area contributed by atoms with Gasteiger partial charge in [-0.3, -0.25) is 4.99 Å². The third-order valence-electron chi connectivity index (χ3n) is 2.64. The number of fused-ring (bicyclic) bond motifs is 1. The van der Waals surface area contributed by atoms with Crippen molar-refractivity contribution in [3.8, 4) is 6.07 Å². The summed E-state index contributed by atoms with van der Waals surface area (Å²) < 4.78 is 0. The fraction of sp³-hybridized carbons (Fsp3) is 0.385. The predicted molar refractivity (Wildman–Crippen MR) is 68.2 cm³/mol. The van der Waals surface area contributed by atoms with Crippen molar-refractivity contribution in [2.45, 2.75) is 32.2 Å². The van der Waals surface area contributed by atoms with Crippen molar-refractivity contribution in [3.63, 3.8) is 0 Å². The van der Waals surface area contributed by atoms with Crippen LogP contribution < -0.4 is 0 Å². The molecule has 2 rings (SSSR count). The first-order valence-electron chi connectivity index (χ1n) is 5.16. The second kappa shape index (κ2) is 4.67. The molecule has 0 aliphatic carbocycles. The van der Waals surface area contributed by atoms with Crippen molar-refractivity contribution in [1.29, 1.82) is 5.26 Å². The van der Waals surface area contributed by atoms with Crippen LogP contribution in [0.15, 0.2) is 29.3 Å². The lowest BCUT2D eigenvalue weighted by Gasteiger charge is -2.28. The minimum absolute atomic E-state index is 0. The maximum Gasteiger partial charge on any atom is 0.0776 e.